The van der Waals surface area contributed by atoms with Crippen LogP contribution in [0.3, 0.4) is 0 Å². The summed E-state index contributed by atoms with van der Waals surface area (Å²) in [6.45, 7) is 0. The zero-order valence-electron chi connectivity index (χ0n) is 17.3. The average Bonchev–Trinajstić information content (AvgIpc) is 2.72. The Labute approximate surface area is 179 Å². The zero-order valence-corrected chi connectivity index (χ0v) is 18.9. The van der Waals surface area contributed by atoms with E-state index in [4.69, 9.17) is 24.7 Å². The molecule has 0 saturated carbocycles. The Hall–Kier alpha value is -2.87. The van der Waals surface area contributed by atoms with E-state index in [1.807, 2.05) is 31.1 Å². The second-order valence-electron chi connectivity index (χ2n) is 6.26. The molecule has 7 nitrogen and oxygen atoms in total. The van der Waals surface area contributed by atoms with Crippen LogP contribution in [-0.2, 0) is 0 Å². The maximum absolute atomic E-state index is 13.2. The zero-order chi connectivity index (χ0) is 21.7. The van der Waals surface area contributed by atoms with E-state index >= 15 is 0 Å². The number of Topliss-reactive ketones (excluding diaryl/α,β-unsaturated/α-hetero) is 1. The van der Waals surface area contributed by atoms with Crippen molar-refractivity contribution in [2.45, 2.75) is 0 Å². The minimum Gasteiger partial charge on any atom is -0.493 e. The van der Waals surface area contributed by atoms with Crippen molar-refractivity contribution in [3.63, 3.8) is 0 Å². The molecule has 0 aliphatic rings. The van der Waals surface area contributed by atoms with Gasteiger partial charge in [-0.1, -0.05) is 6.07 Å². The third-order valence-electron chi connectivity index (χ3n) is 4.28. The molecule has 2 rings (SSSR count). The minimum atomic E-state index is -0.302. The number of halogens is 1. The Morgan fingerprint density at radius 3 is 2.10 bits per heavy atom. The van der Waals surface area contributed by atoms with Crippen LogP contribution in [-0.4, -0.2) is 48.3 Å². The van der Waals surface area contributed by atoms with Gasteiger partial charge < -0.3 is 29.6 Å². The van der Waals surface area contributed by atoms with E-state index in [0.717, 1.165) is 11.3 Å². The van der Waals surface area contributed by atoms with Crippen molar-refractivity contribution in [2.75, 3.05) is 53.2 Å². The highest BCUT2D eigenvalue weighted by atomic mass is 79.9. The molecule has 0 unspecified atom stereocenters. The van der Waals surface area contributed by atoms with E-state index in [1.54, 1.807) is 18.2 Å². The molecule has 29 heavy (non-hydrogen) atoms. The Bertz CT molecular complexity index is 941. The summed E-state index contributed by atoms with van der Waals surface area (Å²) in [5.41, 5.74) is 8.60. The molecule has 0 aromatic heterocycles. The number of hydrogen-bond acceptors (Lipinski definition) is 7. The second kappa shape index (κ2) is 9.56. The number of allylic oxidation sites excluding steroid dienone is 1. The van der Waals surface area contributed by atoms with Gasteiger partial charge >= 0.3 is 0 Å². The summed E-state index contributed by atoms with van der Waals surface area (Å²) < 4.78 is 21.9. The number of methoxy groups -OCH3 is 4. The molecule has 2 aromatic carbocycles. The van der Waals surface area contributed by atoms with Crippen molar-refractivity contribution in [3.05, 3.63) is 39.9 Å². The quantitative estimate of drug-likeness (QED) is 0.359. The Morgan fingerprint density at radius 1 is 0.966 bits per heavy atom. The maximum atomic E-state index is 13.2. The summed E-state index contributed by atoms with van der Waals surface area (Å²) >= 11 is 3.39. The van der Waals surface area contributed by atoms with Gasteiger partial charge in [0.25, 0.3) is 0 Å². The van der Waals surface area contributed by atoms with Gasteiger partial charge in [-0.3, -0.25) is 4.79 Å². The van der Waals surface area contributed by atoms with Crippen LogP contribution < -0.4 is 29.6 Å². The first-order valence-electron chi connectivity index (χ1n) is 8.64. The van der Waals surface area contributed by atoms with Crippen LogP contribution in [0.4, 0.5) is 11.4 Å². The SMILES string of the molecule is COc1cc(C(=O)C(Br)=Cc2ccc(N)c(N(C)C)c2)c(OC)c(OC)c1OC. The van der Waals surface area contributed by atoms with E-state index in [-0.39, 0.29) is 22.8 Å². The van der Waals surface area contributed by atoms with Gasteiger partial charge in [0.1, 0.15) is 0 Å². The summed E-state index contributed by atoms with van der Waals surface area (Å²) in [6, 6.07) is 7.09. The van der Waals surface area contributed by atoms with Crippen molar-refractivity contribution in [1.82, 2.24) is 0 Å². The van der Waals surface area contributed by atoms with E-state index in [2.05, 4.69) is 15.9 Å². The largest absolute Gasteiger partial charge is 0.493 e. The molecule has 156 valence electrons. The predicted molar refractivity (Wildman–Crippen MR) is 119 cm³/mol. The number of carbonyl (C=O) groups excluding carboxylic acids is 1. The lowest BCUT2D eigenvalue weighted by Crippen LogP contribution is -2.11. The van der Waals surface area contributed by atoms with Crippen LogP contribution in [0.2, 0.25) is 0 Å². The summed E-state index contributed by atoms with van der Waals surface area (Å²) in [6.07, 6.45) is 1.72. The number of carbonyl (C=O) groups is 1. The van der Waals surface area contributed by atoms with Crippen LogP contribution >= 0.6 is 15.9 Å². The van der Waals surface area contributed by atoms with E-state index in [1.165, 1.54) is 28.4 Å². The van der Waals surface area contributed by atoms with Gasteiger partial charge in [-0.25, -0.2) is 0 Å². The van der Waals surface area contributed by atoms with Crippen LogP contribution in [0.5, 0.6) is 23.0 Å². The summed E-state index contributed by atoms with van der Waals surface area (Å²) in [5, 5.41) is 0. The fourth-order valence-corrected chi connectivity index (χ4v) is 3.36. The van der Waals surface area contributed by atoms with Crippen LogP contribution in [0, 0.1) is 0 Å². The third-order valence-corrected chi connectivity index (χ3v) is 4.87. The maximum Gasteiger partial charge on any atom is 0.208 e. The molecule has 0 aliphatic heterocycles. The standard InChI is InChI=1S/C21H25BrN2O5/c1-24(2)16-10-12(7-8-15(16)23)9-14(22)18(25)13-11-17(26-3)20(28-5)21(29-6)19(13)27-4/h7-11H,23H2,1-6H3. The molecule has 0 spiro atoms. The first kappa shape index (κ1) is 22.4. The lowest BCUT2D eigenvalue weighted by Gasteiger charge is -2.18. The van der Waals surface area contributed by atoms with E-state index in [0.29, 0.717) is 21.7 Å². The highest BCUT2D eigenvalue weighted by molar-refractivity contribution is 9.12. The fourth-order valence-electron chi connectivity index (χ4n) is 2.88. The van der Waals surface area contributed by atoms with Crippen molar-refractivity contribution >= 4 is 39.2 Å². The van der Waals surface area contributed by atoms with Gasteiger partial charge in [0.2, 0.25) is 17.3 Å². The molecule has 0 fully saturated rings. The normalized spacial score (nSPS) is 11.1. The number of ether oxygens (including phenoxy) is 4. The molecular weight excluding hydrogens is 440 g/mol. The Kier molecular flexibility index (Phi) is 7.39. The van der Waals surface area contributed by atoms with E-state index in [9.17, 15) is 4.79 Å². The number of benzene rings is 2. The molecule has 0 saturated heterocycles. The monoisotopic (exact) mass is 464 g/mol. The highest BCUT2D eigenvalue weighted by Gasteiger charge is 2.26. The number of nitrogen functional groups attached to an aromatic ring is 1. The third kappa shape index (κ3) is 4.59. The molecule has 2 N–H and O–H groups in total. The fraction of sp³-hybridized carbons (Fsp3) is 0.286. The number of anilines is 2. The van der Waals surface area contributed by atoms with Gasteiger partial charge in [-0.15, -0.1) is 0 Å². The van der Waals surface area contributed by atoms with Crippen LogP contribution in [0.25, 0.3) is 6.08 Å². The molecule has 2 aromatic rings. The van der Waals surface area contributed by atoms with Gasteiger partial charge in [0.15, 0.2) is 11.5 Å². The minimum absolute atomic E-state index is 0.256. The lowest BCUT2D eigenvalue weighted by atomic mass is 10.1. The average molecular weight is 465 g/mol. The highest BCUT2D eigenvalue weighted by Crippen LogP contribution is 2.47. The summed E-state index contributed by atoms with van der Waals surface area (Å²) in [4.78, 5) is 15.1. The molecule has 0 atom stereocenters. The van der Waals surface area contributed by atoms with Crippen molar-refractivity contribution in [3.8, 4) is 23.0 Å². The number of rotatable bonds is 8. The molecule has 0 amide bonds. The Morgan fingerprint density at radius 2 is 1.59 bits per heavy atom. The summed E-state index contributed by atoms with van der Waals surface area (Å²) in [7, 11) is 9.71. The van der Waals surface area contributed by atoms with E-state index < -0.39 is 0 Å². The van der Waals surface area contributed by atoms with Crippen molar-refractivity contribution < 1.29 is 23.7 Å². The first-order valence-corrected chi connectivity index (χ1v) is 9.44. The first-order chi connectivity index (χ1) is 13.8. The van der Waals surface area contributed by atoms with Gasteiger partial charge in [-0.2, -0.15) is 0 Å². The second-order valence-corrected chi connectivity index (χ2v) is 7.11. The van der Waals surface area contributed by atoms with Crippen LogP contribution in [0.15, 0.2) is 28.7 Å². The lowest BCUT2D eigenvalue weighted by molar-refractivity contribution is 0.104. The Balaban J connectivity index is 2.56. The van der Waals surface area contributed by atoms with Gasteiger partial charge in [0, 0.05) is 14.1 Å². The molecule has 0 bridgehead atoms. The number of ketones is 1. The smallest absolute Gasteiger partial charge is 0.208 e. The molecule has 8 heteroatoms. The summed E-state index contributed by atoms with van der Waals surface area (Å²) in [5.74, 6) is 0.935. The molecule has 0 aliphatic carbocycles. The molecule has 0 heterocycles. The molecular formula is C21H25BrN2O5. The van der Waals surface area contributed by atoms with Crippen molar-refractivity contribution in [2.24, 2.45) is 0 Å². The topological polar surface area (TPSA) is 83.3 Å². The van der Waals surface area contributed by atoms with Crippen molar-refractivity contribution in [1.29, 1.82) is 0 Å². The predicted octanol–water partition coefficient (Wildman–Crippen LogP) is 3.99. The number of hydrogen-bond donors (Lipinski definition) is 1. The molecule has 0 radical (unpaired) electrons. The van der Waals surface area contributed by atoms with Crippen LogP contribution in [0.1, 0.15) is 15.9 Å². The number of nitrogens with two attached hydrogens (primary N) is 1. The number of nitrogens with zero attached hydrogens (tertiary/aromatic N) is 1. The van der Waals surface area contributed by atoms with Gasteiger partial charge in [0.05, 0.1) is 49.9 Å². The van der Waals surface area contributed by atoms with Gasteiger partial charge in [-0.05, 0) is 45.8 Å².